The first kappa shape index (κ1) is 14.6. The SMILES string of the molecule is OCCCn1cc(CN[C@H](CO)c2ccccc2)nn1. The number of aliphatic hydroxyl groups excluding tert-OH is 2. The Morgan fingerprint density at radius 1 is 1.20 bits per heavy atom. The number of nitrogens with zero attached hydrogens (tertiary/aromatic N) is 3. The van der Waals surface area contributed by atoms with Gasteiger partial charge in [0.1, 0.15) is 0 Å². The lowest BCUT2D eigenvalue weighted by Gasteiger charge is -2.15. The normalized spacial score (nSPS) is 12.5. The molecule has 0 amide bonds. The minimum absolute atomic E-state index is 0.0304. The largest absolute Gasteiger partial charge is 0.396 e. The van der Waals surface area contributed by atoms with Crippen molar-refractivity contribution in [3.63, 3.8) is 0 Å². The van der Waals surface area contributed by atoms with Crippen LogP contribution in [-0.2, 0) is 13.1 Å². The highest BCUT2D eigenvalue weighted by Gasteiger charge is 2.10. The second-order valence-electron chi connectivity index (χ2n) is 4.58. The molecule has 0 aliphatic carbocycles. The predicted octanol–water partition coefficient (Wildman–Crippen LogP) is 0.484. The van der Waals surface area contributed by atoms with E-state index in [1.807, 2.05) is 36.5 Å². The van der Waals surface area contributed by atoms with Crippen LogP contribution in [0.3, 0.4) is 0 Å². The van der Waals surface area contributed by atoms with Gasteiger partial charge in [-0.2, -0.15) is 0 Å². The van der Waals surface area contributed by atoms with Crippen molar-refractivity contribution in [1.82, 2.24) is 20.3 Å². The molecule has 6 heteroatoms. The van der Waals surface area contributed by atoms with Crippen molar-refractivity contribution in [2.24, 2.45) is 0 Å². The third kappa shape index (κ3) is 4.12. The molecular formula is C14H20N4O2. The van der Waals surface area contributed by atoms with Crippen LogP contribution < -0.4 is 5.32 Å². The van der Waals surface area contributed by atoms with Crippen LogP contribution in [-0.4, -0.2) is 38.4 Å². The van der Waals surface area contributed by atoms with Crippen molar-refractivity contribution < 1.29 is 10.2 Å². The maximum absolute atomic E-state index is 9.45. The molecule has 20 heavy (non-hydrogen) atoms. The first-order chi connectivity index (χ1) is 9.83. The van der Waals surface area contributed by atoms with Crippen LogP contribution in [0.25, 0.3) is 0 Å². The zero-order valence-corrected chi connectivity index (χ0v) is 11.3. The van der Waals surface area contributed by atoms with Gasteiger partial charge < -0.3 is 15.5 Å². The van der Waals surface area contributed by atoms with E-state index in [-0.39, 0.29) is 19.3 Å². The van der Waals surface area contributed by atoms with Gasteiger partial charge in [0.15, 0.2) is 0 Å². The summed E-state index contributed by atoms with van der Waals surface area (Å²) in [4.78, 5) is 0. The molecule has 0 radical (unpaired) electrons. The molecule has 0 fully saturated rings. The van der Waals surface area contributed by atoms with Gasteiger partial charge in [0, 0.05) is 25.9 Å². The first-order valence-electron chi connectivity index (χ1n) is 6.72. The average molecular weight is 276 g/mol. The van der Waals surface area contributed by atoms with Crippen molar-refractivity contribution in [2.75, 3.05) is 13.2 Å². The quantitative estimate of drug-likeness (QED) is 0.653. The zero-order chi connectivity index (χ0) is 14.2. The lowest BCUT2D eigenvalue weighted by atomic mass is 10.1. The van der Waals surface area contributed by atoms with Gasteiger partial charge in [0.05, 0.1) is 18.3 Å². The minimum atomic E-state index is -0.112. The van der Waals surface area contributed by atoms with Gasteiger partial charge in [-0.15, -0.1) is 5.10 Å². The predicted molar refractivity (Wildman–Crippen MR) is 74.8 cm³/mol. The van der Waals surface area contributed by atoms with Crippen LogP contribution in [0.4, 0.5) is 0 Å². The minimum Gasteiger partial charge on any atom is -0.396 e. The number of aryl methyl sites for hydroxylation is 1. The Labute approximate surface area is 118 Å². The summed E-state index contributed by atoms with van der Waals surface area (Å²) in [5, 5.41) is 29.5. The van der Waals surface area contributed by atoms with Gasteiger partial charge in [-0.1, -0.05) is 35.5 Å². The summed E-state index contributed by atoms with van der Waals surface area (Å²) < 4.78 is 1.71. The van der Waals surface area contributed by atoms with Crippen molar-refractivity contribution in [3.05, 3.63) is 47.8 Å². The van der Waals surface area contributed by atoms with Gasteiger partial charge in [-0.05, 0) is 12.0 Å². The summed E-state index contributed by atoms with van der Waals surface area (Å²) in [6, 6.07) is 9.69. The highest BCUT2D eigenvalue weighted by atomic mass is 16.3. The molecular weight excluding hydrogens is 256 g/mol. The fourth-order valence-corrected chi connectivity index (χ4v) is 1.96. The van der Waals surface area contributed by atoms with Crippen LogP contribution in [0, 0.1) is 0 Å². The summed E-state index contributed by atoms with van der Waals surface area (Å²) in [7, 11) is 0. The van der Waals surface area contributed by atoms with E-state index >= 15 is 0 Å². The molecule has 0 saturated carbocycles. The van der Waals surface area contributed by atoms with Gasteiger partial charge in [-0.3, -0.25) is 4.68 Å². The van der Waals surface area contributed by atoms with Crippen molar-refractivity contribution in [1.29, 1.82) is 0 Å². The second-order valence-corrected chi connectivity index (χ2v) is 4.58. The molecule has 0 aliphatic rings. The maximum atomic E-state index is 9.45. The van der Waals surface area contributed by atoms with E-state index in [4.69, 9.17) is 5.11 Å². The molecule has 1 aromatic carbocycles. The van der Waals surface area contributed by atoms with Crippen LogP contribution >= 0.6 is 0 Å². The third-order valence-corrected chi connectivity index (χ3v) is 3.05. The number of hydrogen-bond acceptors (Lipinski definition) is 5. The van der Waals surface area contributed by atoms with Gasteiger partial charge >= 0.3 is 0 Å². The second kappa shape index (κ2) is 7.74. The Morgan fingerprint density at radius 2 is 2.00 bits per heavy atom. The number of aliphatic hydroxyl groups is 2. The number of benzene rings is 1. The van der Waals surface area contributed by atoms with Crippen LogP contribution in [0.5, 0.6) is 0 Å². The number of nitrogens with one attached hydrogen (secondary N) is 1. The van der Waals surface area contributed by atoms with Crippen molar-refractivity contribution >= 4 is 0 Å². The standard InChI is InChI=1S/C14H20N4O2/c19-8-4-7-18-10-13(16-17-18)9-15-14(11-20)12-5-2-1-3-6-12/h1-3,5-6,10,14-15,19-20H,4,7-9,11H2/t14-/m1/s1. The van der Waals surface area contributed by atoms with Crippen LogP contribution in [0.15, 0.2) is 36.5 Å². The monoisotopic (exact) mass is 276 g/mol. The Bertz CT molecular complexity index is 501. The highest BCUT2D eigenvalue weighted by molar-refractivity contribution is 5.19. The van der Waals surface area contributed by atoms with Gasteiger partial charge in [0.2, 0.25) is 0 Å². The third-order valence-electron chi connectivity index (χ3n) is 3.05. The van der Waals surface area contributed by atoms with Crippen LogP contribution in [0.1, 0.15) is 23.7 Å². The summed E-state index contributed by atoms with van der Waals surface area (Å²) >= 11 is 0. The molecule has 1 atom stereocenters. The van der Waals surface area contributed by atoms with E-state index in [9.17, 15) is 5.11 Å². The van der Waals surface area contributed by atoms with E-state index in [1.54, 1.807) is 4.68 Å². The van der Waals surface area contributed by atoms with Crippen LogP contribution in [0.2, 0.25) is 0 Å². The fourth-order valence-electron chi connectivity index (χ4n) is 1.96. The molecule has 2 aromatic rings. The summed E-state index contributed by atoms with van der Waals surface area (Å²) in [5.74, 6) is 0. The Hall–Kier alpha value is -1.76. The maximum Gasteiger partial charge on any atom is 0.0965 e. The molecule has 2 rings (SSSR count). The van der Waals surface area contributed by atoms with E-state index in [0.29, 0.717) is 19.5 Å². The molecule has 1 heterocycles. The van der Waals surface area contributed by atoms with Gasteiger partial charge in [-0.25, -0.2) is 0 Å². The number of hydrogen-bond donors (Lipinski definition) is 3. The van der Waals surface area contributed by atoms with Gasteiger partial charge in [0.25, 0.3) is 0 Å². The lowest BCUT2D eigenvalue weighted by molar-refractivity contribution is 0.243. The zero-order valence-electron chi connectivity index (χ0n) is 11.3. The molecule has 0 spiro atoms. The molecule has 3 N–H and O–H groups in total. The fraction of sp³-hybridized carbons (Fsp3) is 0.429. The lowest BCUT2D eigenvalue weighted by Crippen LogP contribution is -2.24. The molecule has 108 valence electrons. The molecule has 0 saturated heterocycles. The summed E-state index contributed by atoms with van der Waals surface area (Å²) in [6.07, 6.45) is 2.52. The number of aromatic nitrogens is 3. The Morgan fingerprint density at radius 3 is 2.70 bits per heavy atom. The number of rotatable bonds is 8. The first-order valence-corrected chi connectivity index (χ1v) is 6.72. The molecule has 0 aliphatic heterocycles. The highest BCUT2D eigenvalue weighted by Crippen LogP contribution is 2.12. The van der Waals surface area contributed by atoms with Crippen molar-refractivity contribution in [2.45, 2.75) is 25.6 Å². The van der Waals surface area contributed by atoms with E-state index < -0.39 is 0 Å². The van der Waals surface area contributed by atoms with E-state index in [0.717, 1.165) is 11.3 Å². The Balaban J connectivity index is 1.88. The summed E-state index contributed by atoms with van der Waals surface area (Å²) in [5.41, 5.74) is 1.86. The van der Waals surface area contributed by atoms with E-state index in [2.05, 4.69) is 15.6 Å². The molecule has 0 unspecified atom stereocenters. The van der Waals surface area contributed by atoms with E-state index in [1.165, 1.54) is 0 Å². The summed E-state index contributed by atoms with van der Waals surface area (Å²) in [6.45, 7) is 1.38. The molecule has 1 aromatic heterocycles. The topological polar surface area (TPSA) is 83.2 Å². The Kier molecular flexibility index (Phi) is 5.67. The average Bonchev–Trinajstić information content (AvgIpc) is 2.95. The van der Waals surface area contributed by atoms with Crippen molar-refractivity contribution in [3.8, 4) is 0 Å². The smallest absolute Gasteiger partial charge is 0.0965 e. The molecule has 6 nitrogen and oxygen atoms in total. The molecule has 0 bridgehead atoms.